The van der Waals surface area contributed by atoms with Crippen molar-refractivity contribution in [3.63, 3.8) is 0 Å². The summed E-state index contributed by atoms with van der Waals surface area (Å²) in [5.74, 6) is 1.56. The van der Waals surface area contributed by atoms with Crippen molar-refractivity contribution in [2.45, 2.75) is 25.6 Å². The van der Waals surface area contributed by atoms with Crippen LogP contribution in [0.25, 0.3) is 0 Å². The van der Waals surface area contributed by atoms with Crippen LogP contribution in [0.4, 0.5) is 0 Å². The van der Waals surface area contributed by atoms with Gasteiger partial charge in [0.15, 0.2) is 5.17 Å². The fourth-order valence-electron chi connectivity index (χ4n) is 1.21. The Bertz CT molecular complexity index is 348. The van der Waals surface area contributed by atoms with E-state index in [1.165, 1.54) is 0 Å². The van der Waals surface area contributed by atoms with Crippen molar-refractivity contribution in [3.05, 3.63) is 17.8 Å². The SMILES string of the molecule is Cc1cnc(CNC2=NCC(C)S2)o1. The van der Waals surface area contributed by atoms with Gasteiger partial charge in [-0.1, -0.05) is 18.7 Å². The van der Waals surface area contributed by atoms with Crippen molar-refractivity contribution < 1.29 is 4.42 Å². The lowest BCUT2D eigenvalue weighted by Crippen LogP contribution is -2.18. The molecule has 5 heteroatoms. The maximum Gasteiger partial charge on any atom is 0.213 e. The monoisotopic (exact) mass is 211 g/mol. The van der Waals surface area contributed by atoms with E-state index in [0.717, 1.165) is 17.5 Å². The Labute approximate surface area is 87.2 Å². The molecule has 1 atom stereocenters. The lowest BCUT2D eigenvalue weighted by Gasteiger charge is -2.02. The molecular weight excluding hydrogens is 198 g/mol. The lowest BCUT2D eigenvalue weighted by atomic mass is 10.5. The van der Waals surface area contributed by atoms with Gasteiger partial charge in [0.05, 0.1) is 19.3 Å². The van der Waals surface area contributed by atoms with E-state index in [4.69, 9.17) is 4.42 Å². The first-order valence-electron chi connectivity index (χ1n) is 4.60. The van der Waals surface area contributed by atoms with Crippen LogP contribution < -0.4 is 5.32 Å². The zero-order valence-corrected chi connectivity index (χ0v) is 9.10. The number of rotatable bonds is 2. The Kier molecular flexibility index (Phi) is 2.77. The van der Waals surface area contributed by atoms with Crippen LogP contribution in [0.1, 0.15) is 18.6 Å². The molecule has 0 amide bonds. The van der Waals surface area contributed by atoms with Crippen LogP contribution in [0.3, 0.4) is 0 Å². The Morgan fingerprint density at radius 3 is 3.14 bits per heavy atom. The minimum Gasteiger partial charge on any atom is -0.444 e. The van der Waals surface area contributed by atoms with E-state index in [2.05, 4.69) is 22.2 Å². The zero-order chi connectivity index (χ0) is 9.97. The number of aryl methyl sites for hydroxylation is 1. The fraction of sp³-hybridized carbons (Fsp3) is 0.556. The standard InChI is InChI=1S/C9H13N3OS/c1-6-3-10-8(13-6)5-12-9-11-4-7(2)14-9/h3,7H,4-5H2,1-2H3,(H,11,12). The number of thioether (sulfide) groups is 1. The van der Waals surface area contributed by atoms with E-state index < -0.39 is 0 Å². The average Bonchev–Trinajstić information content (AvgIpc) is 2.72. The highest BCUT2D eigenvalue weighted by molar-refractivity contribution is 8.14. The van der Waals surface area contributed by atoms with Gasteiger partial charge in [0.25, 0.3) is 0 Å². The van der Waals surface area contributed by atoms with E-state index in [0.29, 0.717) is 17.7 Å². The third-order valence-electron chi connectivity index (χ3n) is 1.86. The Morgan fingerprint density at radius 1 is 1.71 bits per heavy atom. The van der Waals surface area contributed by atoms with Crippen molar-refractivity contribution in [1.82, 2.24) is 10.3 Å². The summed E-state index contributed by atoms with van der Waals surface area (Å²) < 4.78 is 5.33. The molecule has 1 unspecified atom stereocenters. The van der Waals surface area contributed by atoms with Crippen LogP contribution in [0.15, 0.2) is 15.6 Å². The fourth-order valence-corrected chi connectivity index (χ4v) is 2.04. The second kappa shape index (κ2) is 4.04. The van der Waals surface area contributed by atoms with E-state index >= 15 is 0 Å². The molecule has 4 nitrogen and oxygen atoms in total. The van der Waals surface area contributed by atoms with Gasteiger partial charge in [0.1, 0.15) is 5.76 Å². The molecule has 0 aromatic carbocycles. The van der Waals surface area contributed by atoms with Crippen molar-refractivity contribution in [3.8, 4) is 0 Å². The topological polar surface area (TPSA) is 50.4 Å². The molecule has 0 bridgehead atoms. The van der Waals surface area contributed by atoms with Crippen LogP contribution in [0, 0.1) is 6.92 Å². The van der Waals surface area contributed by atoms with Gasteiger partial charge in [-0.25, -0.2) is 4.98 Å². The summed E-state index contributed by atoms with van der Waals surface area (Å²) in [7, 11) is 0. The number of aliphatic imine (C=N–C) groups is 1. The van der Waals surface area contributed by atoms with Crippen molar-refractivity contribution >= 4 is 16.9 Å². The van der Waals surface area contributed by atoms with Crippen LogP contribution in [0.5, 0.6) is 0 Å². The summed E-state index contributed by atoms with van der Waals surface area (Å²) >= 11 is 1.76. The number of nitrogens with zero attached hydrogens (tertiary/aromatic N) is 2. The molecule has 0 spiro atoms. The quantitative estimate of drug-likeness (QED) is 0.806. The summed E-state index contributed by atoms with van der Waals surface area (Å²) in [4.78, 5) is 8.44. The first-order chi connectivity index (χ1) is 6.74. The minimum absolute atomic E-state index is 0.587. The molecule has 1 aliphatic rings. The van der Waals surface area contributed by atoms with Crippen LogP contribution in [0.2, 0.25) is 0 Å². The normalized spacial score (nSPS) is 21.0. The first-order valence-corrected chi connectivity index (χ1v) is 5.48. The predicted molar refractivity (Wildman–Crippen MR) is 57.4 cm³/mol. The van der Waals surface area contributed by atoms with Gasteiger partial charge in [-0.15, -0.1) is 0 Å². The average molecular weight is 211 g/mol. The summed E-state index contributed by atoms with van der Waals surface area (Å²) in [6, 6.07) is 0. The number of oxazole rings is 1. The molecule has 1 N–H and O–H groups in total. The number of hydrogen-bond donors (Lipinski definition) is 1. The maximum atomic E-state index is 5.33. The molecule has 0 radical (unpaired) electrons. The largest absolute Gasteiger partial charge is 0.444 e. The molecule has 76 valence electrons. The Balaban J connectivity index is 1.83. The highest BCUT2D eigenvalue weighted by atomic mass is 32.2. The molecule has 1 aliphatic heterocycles. The first kappa shape index (κ1) is 9.58. The summed E-state index contributed by atoms with van der Waals surface area (Å²) in [5, 5.41) is 4.78. The predicted octanol–water partition coefficient (Wildman–Crippen LogP) is 1.56. The van der Waals surface area contributed by atoms with Crippen LogP contribution in [-0.4, -0.2) is 21.9 Å². The number of amidine groups is 1. The zero-order valence-electron chi connectivity index (χ0n) is 8.28. The molecule has 1 aromatic heterocycles. The van der Waals surface area contributed by atoms with Gasteiger partial charge in [-0.3, -0.25) is 4.99 Å². The minimum atomic E-state index is 0.587. The lowest BCUT2D eigenvalue weighted by molar-refractivity contribution is 0.466. The molecule has 0 saturated heterocycles. The van der Waals surface area contributed by atoms with Crippen molar-refractivity contribution in [1.29, 1.82) is 0 Å². The highest BCUT2D eigenvalue weighted by Crippen LogP contribution is 2.18. The Hall–Kier alpha value is -0.970. The summed E-state index contributed by atoms with van der Waals surface area (Å²) in [5.41, 5.74) is 0. The van der Waals surface area contributed by atoms with Gasteiger partial charge in [0, 0.05) is 5.25 Å². The van der Waals surface area contributed by atoms with E-state index in [1.807, 2.05) is 6.92 Å². The number of aromatic nitrogens is 1. The smallest absolute Gasteiger partial charge is 0.213 e. The second-order valence-electron chi connectivity index (χ2n) is 3.29. The van der Waals surface area contributed by atoms with Gasteiger partial charge in [0.2, 0.25) is 5.89 Å². The van der Waals surface area contributed by atoms with Gasteiger partial charge < -0.3 is 9.73 Å². The summed E-state index contributed by atoms with van der Waals surface area (Å²) in [6.45, 7) is 5.57. The van der Waals surface area contributed by atoms with Gasteiger partial charge in [-0.2, -0.15) is 0 Å². The molecule has 0 saturated carbocycles. The van der Waals surface area contributed by atoms with Crippen LogP contribution in [-0.2, 0) is 6.54 Å². The summed E-state index contributed by atoms with van der Waals surface area (Å²) in [6.07, 6.45) is 1.73. The van der Waals surface area contributed by atoms with E-state index in [-0.39, 0.29) is 0 Å². The Morgan fingerprint density at radius 2 is 2.57 bits per heavy atom. The third-order valence-corrected chi connectivity index (χ3v) is 2.91. The molecule has 0 aliphatic carbocycles. The van der Waals surface area contributed by atoms with Crippen molar-refractivity contribution in [2.75, 3.05) is 6.54 Å². The molecule has 0 fully saturated rings. The van der Waals surface area contributed by atoms with Crippen molar-refractivity contribution in [2.24, 2.45) is 4.99 Å². The highest BCUT2D eigenvalue weighted by Gasteiger charge is 2.14. The maximum absolute atomic E-state index is 5.33. The molecular formula is C9H13N3OS. The second-order valence-corrected chi connectivity index (χ2v) is 4.72. The number of hydrogen-bond acceptors (Lipinski definition) is 5. The molecule has 2 heterocycles. The van der Waals surface area contributed by atoms with E-state index in [1.54, 1.807) is 18.0 Å². The van der Waals surface area contributed by atoms with E-state index in [9.17, 15) is 0 Å². The number of nitrogens with one attached hydrogen (secondary N) is 1. The third kappa shape index (κ3) is 2.29. The van der Waals surface area contributed by atoms with Gasteiger partial charge in [-0.05, 0) is 6.92 Å². The molecule has 14 heavy (non-hydrogen) atoms. The van der Waals surface area contributed by atoms with Crippen LogP contribution >= 0.6 is 11.8 Å². The molecule has 2 rings (SSSR count). The van der Waals surface area contributed by atoms with Gasteiger partial charge >= 0.3 is 0 Å². The molecule has 1 aromatic rings.